The Balaban J connectivity index is 1.59. The zero-order chi connectivity index (χ0) is 22.8. The molecule has 7 nitrogen and oxygen atoms in total. The Morgan fingerprint density at radius 2 is 1.84 bits per heavy atom. The molecule has 32 heavy (non-hydrogen) atoms. The van der Waals surface area contributed by atoms with Crippen LogP contribution in [0, 0.1) is 0 Å². The SMILES string of the molecule is CC(C)n1cc(C(=O)c2cncc(CC(=O)C(N)c3ccc(Cl)cc3)c2)c2cncnc21. The van der Waals surface area contributed by atoms with Gasteiger partial charge < -0.3 is 10.3 Å². The number of ketones is 2. The van der Waals surface area contributed by atoms with E-state index in [0.29, 0.717) is 38.3 Å². The van der Waals surface area contributed by atoms with Crippen molar-refractivity contribution in [3.05, 3.63) is 88.7 Å². The lowest BCUT2D eigenvalue weighted by molar-refractivity contribution is -0.119. The number of carbonyl (C=O) groups excluding carboxylic acids is 2. The Hall–Kier alpha value is -3.42. The molecule has 0 saturated heterocycles. The molecule has 4 rings (SSSR count). The van der Waals surface area contributed by atoms with Crippen LogP contribution in [-0.4, -0.2) is 31.1 Å². The van der Waals surface area contributed by atoms with E-state index < -0.39 is 6.04 Å². The first-order chi connectivity index (χ1) is 15.3. The maximum atomic E-state index is 13.3. The smallest absolute Gasteiger partial charge is 0.196 e. The van der Waals surface area contributed by atoms with E-state index in [-0.39, 0.29) is 24.0 Å². The number of nitrogens with zero attached hydrogens (tertiary/aromatic N) is 4. The third-order valence-corrected chi connectivity index (χ3v) is 5.56. The van der Waals surface area contributed by atoms with E-state index in [0.717, 1.165) is 0 Å². The third-order valence-electron chi connectivity index (χ3n) is 5.31. The van der Waals surface area contributed by atoms with Crippen molar-refractivity contribution in [3.63, 3.8) is 0 Å². The number of Topliss-reactive ketones (excluding diaryl/α,β-unsaturated/α-hetero) is 1. The van der Waals surface area contributed by atoms with Crippen LogP contribution in [0.4, 0.5) is 0 Å². The van der Waals surface area contributed by atoms with Gasteiger partial charge >= 0.3 is 0 Å². The van der Waals surface area contributed by atoms with E-state index >= 15 is 0 Å². The molecule has 0 aliphatic rings. The lowest BCUT2D eigenvalue weighted by Gasteiger charge is -2.11. The van der Waals surface area contributed by atoms with Crippen molar-refractivity contribution < 1.29 is 9.59 Å². The molecule has 0 saturated carbocycles. The molecule has 162 valence electrons. The highest BCUT2D eigenvalue weighted by atomic mass is 35.5. The molecule has 1 atom stereocenters. The summed E-state index contributed by atoms with van der Waals surface area (Å²) in [6, 6.07) is 7.89. The molecule has 4 aromatic rings. The van der Waals surface area contributed by atoms with E-state index in [1.54, 1.807) is 48.9 Å². The maximum absolute atomic E-state index is 13.3. The van der Waals surface area contributed by atoms with Crippen molar-refractivity contribution in [1.29, 1.82) is 0 Å². The van der Waals surface area contributed by atoms with Gasteiger partial charge in [-0.15, -0.1) is 0 Å². The number of rotatable bonds is 7. The molecule has 0 bridgehead atoms. The van der Waals surface area contributed by atoms with E-state index in [1.807, 2.05) is 18.4 Å². The average Bonchev–Trinajstić information content (AvgIpc) is 3.19. The second kappa shape index (κ2) is 8.98. The standard InChI is InChI=1S/C24H22ClN5O2/c1-14(2)30-12-20(19-11-28-13-29-24(19)30)23(32)17-7-15(9-27-10-17)8-21(31)22(26)16-3-5-18(25)6-4-16/h3-7,9-14,22H,8,26H2,1-2H3. The van der Waals surface area contributed by atoms with Gasteiger partial charge in [-0.25, -0.2) is 9.97 Å². The number of carbonyl (C=O) groups is 2. The largest absolute Gasteiger partial charge is 0.329 e. The normalized spacial score (nSPS) is 12.3. The van der Waals surface area contributed by atoms with Crippen LogP contribution in [0.2, 0.25) is 5.02 Å². The number of nitrogens with two attached hydrogens (primary N) is 1. The second-order valence-electron chi connectivity index (χ2n) is 7.89. The molecular formula is C24H22ClN5O2. The zero-order valence-electron chi connectivity index (χ0n) is 17.7. The molecule has 0 amide bonds. The predicted octanol–water partition coefficient (Wildman–Crippen LogP) is 4.10. The fraction of sp³-hybridized carbons (Fsp3) is 0.208. The van der Waals surface area contributed by atoms with E-state index in [9.17, 15) is 9.59 Å². The Morgan fingerprint density at radius 3 is 2.56 bits per heavy atom. The first-order valence-corrected chi connectivity index (χ1v) is 10.6. The summed E-state index contributed by atoms with van der Waals surface area (Å²) in [7, 11) is 0. The number of fused-ring (bicyclic) bond motifs is 1. The Labute approximate surface area is 190 Å². The Bertz CT molecular complexity index is 1300. The lowest BCUT2D eigenvalue weighted by Crippen LogP contribution is -2.23. The highest BCUT2D eigenvalue weighted by Gasteiger charge is 2.21. The molecular weight excluding hydrogens is 426 g/mol. The van der Waals surface area contributed by atoms with Crippen molar-refractivity contribution in [2.45, 2.75) is 32.4 Å². The van der Waals surface area contributed by atoms with Crippen molar-refractivity contribution >= 4 is 34.2 Å². The molecule has 0 radical (unpaired) electrons. The van der Waals surface area contributed by atoms with E-state index in [4.69, 9.17) is 17.3 Å². The van der Waals surface area contributed by atoms with Gasteiger partial charge in [0, 0.05) is 53.2 Å². The van der Waals surface area contributed by atoms with Crippen LogP contribution >= 0.6 is 11.6 Å². The average molecular weight is 448 g/mol. The Morgan fingerprint density at radius 1 is 1.09 bits per heavy atom. The minimum atomic E-state index is -0.784. The monoisotopic (exact) mass is 447 g/mol. The van der Waals surface area contributed by atoms with Crippen molar-refractivity contribution in [1.82, 2.24) is 19.5 Å². The molecule has 1 unspecified atom stereocenters. The zero-order valence-corrected chi connectivity index (χ0v) is 18.5. The highest BCUT2D eigenvalue weighted by Crippen LogP contribution is 2.25. The molecule has 0 aliphatic heterocycles. The van der Waals surface area contributed by atoms with Gasteiger partial charge in [0.05, 0.1) is 11.6 Å². The molecule has 3 aromatic heterocycles. The van der Waals surface area contributed by atoms with Crippen LogP contribution in [0.25, 0.3) is 11.0 Å². The van der Waals surface area contributed by atoms with E-state index in [1.165, 1.54) is 12.5 Å². The third kappa shape index (κ3) is 4.30. The number of hydrogen-bond donors (Lipinski definition) is 1. The van der Waals surface area contributed by atoms with Gasteiger partial charge in [-0.1, -0.05) is 23.7 Å². The first kappa shape index (κ1) is 21.8. The summed E-state index contributed by atoms with van der Waals surface area (Å²) >= 11 is 5.90. The molecule has 3 heterocycles. The predicted molar refractivity (Wildman–Crippen MR) is 123 cm³/mol. The Kier molecular flexibility index (Phi) is 6.12. The molecule has 8 heteroatoms. The number of aromatic nitrogens is 4. The topological polar surface area (TPSA) is 104 Å². The van der Waals surface area contributed by atoms with Crippen molar-refractivity contribution in [3.8, 4) is 0 Å². The quantitative estimate of drug-likeness (QED) is 0.427. The molecule has 0 fully saturated rings. The number of pyridine rings is 1. The molecule has 1 aromatic carbocycles. The lowest BCUT2D eigenvalue weighted by atomic mass is 9.97. The molecule has 2 N–H and O–H groups in total. The van der Waals surface area contributed by atoms with Gasteiger partial charge in [-0.2, -0.15) is 0 Å². The minimum absolute atomic E-state index is 0.0643. The van der Waals surface area contributed by atoms with Gasteiger partial charge in [0.15, 0.2) is 11.6 Å². The summed E-state index contributed by atoms with van der Waals surface area (Å²) in [6.07, 6.45) is 8.03. The van der Waals surface area contributed by atoms with Crippen LogP contribution < -0.4 is 5.73 Å². The van der Waals surface area contributed by atoms with Gasteiger partial charge in [0.2, 0.25) is 0 Å². The van der Waals surface area contributed by atoms with Crippen LogP contribution in [0.1, 0.15) is 53.0 Å². The highest BCUT2D eigenvalue weighted by molar-refractivity contribution is 6.30. The van der Waals surface area contributed by atoms with Gasteiger partial charge in [0.1, 0.15) is 12.0 Å². The summed E-state index contributed by atoms with van der Waals surface area (Å²) in [5.41, 5.74) is 9.01. The number of halogens is 1. The summed E-state index contributed by atoms with van der Waals surface area (Å²) in [4.78, 5) is 38.6. The van der Waals surface area contributed by atoms with Crippen LogP contribution in [0.15, 0.2) is 61.4 Å². The number of hydrogen-bond acceptors (Lipinski definition) is 6. The second-order valence-corrected chi connectivity index (χ2v) is 8.32. The van der Waals surface area contributed by atoms with Gasteiger partial charge in [-0.05, 0) is 43.2 Å². The van der Waals surface area contributed by atoms with Crippen molar-refractivity contribution in [2.75, 3.05) is 0 Å². The van der Waals surface area contributed by atoms with Crippen LogP contribution in [0.5, 0.6) is 0 Å². The summed E-state index contributed by atoms with van der Waals surface area (Å²) in [5.74, 6) is -0.378. The van der Waals surface area contributed by atoms with Crippen LogP contribution in [0.3, 0.4) is 0 Å². The van der Waals surface area contributed by atoms with Crippen molar-refractivity contribution in [2.24, 2.45) is 5.73 Å². The molecule has 0 aliphatic carbocycles. The maximum Gasteiger partial charge on any atom is 0.196 e. The summed E-state index contributed by atoms with van der Waals surface area (Å²) < 4.78 is 1.94. The summed E-state index contributed by atoms with van der Waals surface area (Å²) in [5, 5.41) is 1.26. The van der Waals surface area contributed by atoms with E-state index in [2.05, 4.69) is 15.0 Å². The number of benzene rings is 1. The first-order valence-electron chi connectivity index (χ1n) is 10.2. The van der Waals surface area contributed by atoms with Gasteiger partial charge in [-0.3, -0.25) is 14.6 Å². The minimum Gasteiger partial charge on any atom is -0.329 e. The van der Waals surface area contributed by atoms with Crippen LogP contribution in [-0.2, 0) is 11.2 Å². The fourth-order valence-corrected chi connectivity index (χ4v) is 3.72. The fourth-order valence-electron chi connectivity index (χ4n) is 3.59. The molecule has 0 spiro atoms. The summed E-state index contributed by atoms with van der Waals surface area (Å²) in [6.45, 7) is 4.04. The van der Waals surface area contributed by atoms with Gasteiger partial charge in [0.25, 0.3) is 0 Å².